The summed E-state index contributed by atoms with van der Waals surface area (Å²) in [7, 11) is 0. The molecule has 3 rings (SSSR count). The molecule has 3 aromatic rings. The van der Waals surface area contributed by atoms with Crippen molar-refractivity contribution in [2.75, 3.05) is 0 Å². The maximum absolute atomic E-state index is 4.43. The lowest BCUT2D eigenvalue weighted by molar-refractivity contribution is 0.875. The lowest BCUT2D eigenvalue weighted by atomic mass is 9.97. The number of hydrogen-bond acceptors (Lipinski definition) is 2. The van der Waals surface area contributed by atoms with E-state index in [1.54, 1.807) is 0 Å². The number of fused-ring (bicyclic) bond motifs is 1. The van der Waals surface area contributed by atoms with Gasteiger partial charge in [0, 0.05) is 17.1 Å². The molecule has 0 amide bonds. The SMILES string of the molecule is Cc1nc(-c2ccc(C)c3c(C(C)C)c[nH]c23)n[nH]1. The van der Waals surface area contributed by atoms with E-state index < -0.39 is 0 Å². The summed E-state index contributed by atoms with van der Waals surface area (Å²) in [5.41, 5.74) is 4.82. The first kappa shape index (κ1) is 12.0. The summed E-state index contributed by atoms with van der Waals surface area (Å²) in [5, 5.41) is 8.47. The van der Waals surface area contributed by atoms with E-state index in [0.29, 0.717) is 5.92 Å². The molecule has 2 N–H and O–H groups in total. The Balaban J connectivity index is 2.31. The maximum Gasteiger partial charge on any atom is 0.183 e. The van der Waals surface area contributed by atoms with Crippen LogP contribution in [0.4, 0.5) is 0 Å². The average molecular weight is 254 g/mol. The van der Waals surface area contributed by atoms with Crippen LogP contribution >= 0.6 is 0 Å². The Morgan fingerprint density at radius 1 is 1.16 bits per heavy atom. The molecule has 2 heterocycles. The molecule has 0 fully saturated rings. The molecule has 0 unspecified atom stereocenters. The number of nitrogens with one attached hydrogen (secondary N) is 2. The highest BCUT2D eigenvalue weighted by molar-refractivity contribution is 5.97. The van der Waals surface area contributed by atoms with E-state index in [1.807, 2.05) is 6.92 Å². The largest absolute Gasteiger partial charge is 0.360 e. The first-order valence-corrected chi connectivity index (χ1v) is 6.58. The van der Waals surface area contributed by atoms with Crippen LogP contribution in [0.1, 0.15) is 36.7 Å². The van der Waals surface area contributed by atoms with Gasteiger partial charge in [-0.1, -0.05) is 19.9 Å². The minimum Gasteiger partial charge on any atom is -0.360 e. The molecule has 1 aromatic carbocycles. The molecule has 0 saturated carbocycles. The third-order valence-corrected chi connectivity index (χ3v) is 3.53. The van der Waals surface area contributed by atoms with Crippen LogP contribution in [0.25, 0.3) is 22.3 Å². The molecule has 0 saturated heterocycles. The van der Waals surface area contributed by atoms with Crippen molar-refractivity contribution >= 4 is 10.9 Å². The summed E-state index contributed by atoms with van der Waals surface area (Å²) in [6, 6.07) is 4.23. The molecule has 0 aliphatic rings. The van der Waals surface area contributed by atoms with Crippen molar-refractivity contribution in [1.82, 2.24) is 20.2 Å². The molecule has 19 heavy (non-hydrogen) atoms. The monoisotopic (exact) mass is 254 g/mol. The van der Waals surface area contributed by atoms with Gasteiger partial charge in [-0.2, -0.15) is 5.10 Å². The van der Waals surface area contributed by atoms with Gasteiger partial charge in [-0.05, 0) is 37.0 Å². The number of aryl methyl sites for hydroxylation is 2. The first-order chi connectivity index (χ1) is 9.08. The summed E-state index contributed by atoms with van der Waals surface area (Å²) >= 11 is 0. The van der Waals surface area contributed by atoms with Gasteiger partial charge >= 0.3 is 0 Å². The number of hydrogen-bond donors (Lipinski definition) is 2. The van der Waals surface area contributed by atoms with Gasteiger partial charge in [-0.25, -0.2) is 4.98 Å². The number of H-pyrrole nitrogens is 2. The van der Waals surface area contributed by atoms with Crippen LogP contribution < -0.4 is 0 Å². The van der Waals surface area contributed by atoms with Crippen molar-refractivity contribution in [3.63, 3.8) is 0 Å². The normalized spacial score (nSPS) is 11.6. The second-order valence-electron chi connectivity index (χ2n) is 5.32. The minimum absolute atomic E-state index is 0.497. The van der Waals surface area contributed by atoms with Gasteiger partial charge in [0.15, 0.2) is 5.82 Å². The van der Waals surface area contributed by atoms with E-state index in [-0.39, 0.29) is 0 Å². The summed E-state index contributed by atoms with van der Waals surface area (Å²) in [6.45, 7) is 8.49. The van der Waals surface area contributed by atoms with Crippen molar-refractivity contribution in [2.24, 2.45) is 0 Å². The number of benzene rings is 1. The Hall–Kier alpha value is -2.10. The molecule has 0 atom stereocenters. The van der Waals surface area contributed by atoms with E-state index in [2.05, 4.69) is 59.3 Å². The van der Waals surface area contributed by atoms with Crippen molar-refractivity contribution in [3.8, 4) is 11.4 Å². The summed E-state index contributed by atoms with van der Waals surface area (Å²) in [5.74, 6) is 2.08. The molecule has 0 aliphatic heterocycles. The number of nitrogens with zero attached hydrogens (tertiary/aromatic N) is 2. The van der Waals surface area contributed by atoms with E-state index in [4.69, 9.17) is 0 Å². The van der Waals surface area contributed by atoms with Crippen molar-refractivity contribution in [1.29, 1.82) is 0 Å². The van der Waals surface area contributed by atoms with Gasteiger partial charge in [-0.15, -0.1) is 0 Å². The fourth-order valence-electron chi connectivity index (χ4n) is 2.56. The predicted octanol–water partition coefficient (Wildman–Crippen LogP) is 3.69. The molecule has 0 radical (unpaired) electrons. The van der Waals surface area contributed by atoms with Crippen LogP contribution in [-0.4, -0.2) is 20.2 Å². The van der Waals surface area contributed by atoms with Gasteiger partial charge in [0.2, 0.25) is 0 Å². The molecule has 0 spiro atoms. The number of rotatable bonds is 2. The fourth-order valence-corrected chi connectivity index (χ4v) is 2.56. The zero-order chi connectivity index (χ0) is 13.6. The Bertz CT molecular complexity index is 734. The summed E-state index contributed by atoms with van der Waals surface area (Å²) in [6.07, 6.45) is 2.10. The zero-order valence-corrected chi connectivity index (χ0v) is 11.7. The minimum atomic E-state index is 0.497. The Kier molecular flexibility index (Phi) is 2.66. The molecule has 0 bridgehead atoms. The first-order valence-electron chi connectivity index (χ1n) is 6.58. The highest BCUT2D eigenvalue weighted by Crippen LogP contribution is 2.33. The van der Waals surface area contributed by atoms with Gasteiger partial charge in [-0.3, -0.25) is 5.10 Å². The van der Waals surface area contributed by atoms with Crippen molar-refractivity contribution in [3.05, 3.63) is 35.3 Å². The number of aromatic amines is 2. The Morgan fingerprint density at radius 2 is 1.95 bits per heavy atom. The van der Waals surface area contributed by atoms with Crippen LogP contribution in [-0.2, 0) is 0 Å². The molecule has 0 aliphatic carbocycles. The fraction of sp³-hybridized carbons (Fsp3) is 0.333. The van der Waals surface area contributed by atoms with Gasteiger partial charge in [0.25, 0.3) is 0 Å². The van der Waals surface area contributed by atoms with E-state index >= 15 is 0 Å². The highest BCUT2D eigenvalue weighted by atomic mass is 15.2. The second kappa shape index (κ2) is 4.23. The van der Waals surface area contributed by atoms with E-state index in [0.717, 1.165) is 22.7 Å². The topological polar surface area (TPSA) is 57.4 Å². The van der Waals surface area contributed by atoms with Crippen molar-refractivity contribution < 1.29 is 0 Å². The smallest absolute Gasteiger partial charge is 0.183 e. The summed E-state index contributed by atoms with van der Waals surface area (Å²) in [4.78, 5) is 7.82. The second-order valence-corrected chi connectivity index (χ2v) is 5.32. The van der Waals surface area contributed by atoms with Crippen LogP contribution in [0, 0.1) is 13.8 Å². The molecule has 4 heteroatoms. The number of aromatic nitrogens is 4. The van der Waals surface area contributed by atoms with Crippen molar-refractivity contribution in [2.45, 2.75) is 33.6 Å². The third-order valence-electron chi connectivity index (χ3n) is 3.53. The molecular formula is C15H18N4. The average Bonchev–Trinajstić information content (AvgIpc) is 2.96. The highest BCUT2D eigenvalue weighted by Gasteiger charge is 2.15. The zero-order valence-electron chi connectivity index (χ0n) is 11.7. The Labute approximate surface area is 112 Å². The van der Waals surface area contributed by atoms with Crippen LogP contribution in [0.5, 0.6) is 0 Å². The molecule has 4 nitrogen and oxygen atoms in total. The quantitative estimate of drug-likeness (QED) is 0.732. The standard InChI is InChI=1S/C15H18N4/c1-8(2)12-7-16-14-11(6-5-9(3)13(12)14)15-17-10(4)18-19-15/h5-8,16H,1-4H3,(H,17,18,19). The predicted molar refractivity (Wildman–Crippen MR) is 77.2 cm³/mol. The third kappa shape index (κ3) is 1.84. The van der Waals surface area contributed by atoms with E-state index in [1.165, 1.54) is 16.5 Å². The lowest BCUT2D eigenvalue weighted by Gasteiger charge is -2.07. The van der Waals surface area contributed by atoms with E-state index in [9.17, 15) is 0 Å². The summed E-state index contributed by atoms with van der Waals surface area (Å²) < 4.78 is 0. The Morgan fingerprint density at radius 3 is 2.58 bits per heavy atom. The van der Waals surface area contributed by atoms with Gasteiger partial charge in [0.05, 0.1) is 5.52 Å². The lowest BCUT2D eigenvalue weighted by Crippen LogP contribution is -1.89. The molecular weight excluding hydrogens is 236 g/mol. The molecule has 98 valence electrons. The van der Waals surface area contributed by atoms with Crippen LogP contribution in [0.15, 0.2) is 18.3 Å². The molecule has 2 aromatic heterocycles. The van der Waals surface area contributed by atoms with Gasteiger partial charge < -0.3 is 4.98 Å². The maximum atomic E-state index is 4.43. The van der Waals surface area contributed by atoms with Gasteiger partial charge in [0.1, 0.15) is 5.82 Å². The van der Waals surface area contributed by atoms with Crippen LogP contribution in [0.3, 0.4) is 0 Å². The van der Waals surface area contributed by atoms with Crippen LogP contribution in [0.2, 0.25) is 0 Å².